The number of rotatable bonds is 5. The van der Waals surface area contributed by atoms with E-state index in [9.17, 15) is 9.59 Å². The summed E-state index contributed by atoms with van der Waals surface area (Å²) in [7, 11) is 0. The van der Waals surface area contributed by atoms with Crippen molar-refractivity contribution in [2.24, 2.45) is 11.1 Å². The molecule has 0 unspecified atom stereocenters. The smallest absolute Gasteiger partial charge is 0.244 e. The van der Waals surface area contributed by atoms with E-state index in [0.717, 1.165) is 31.4 Å². The summed E-state index contributed by atoms with van der Waals surface area (Å²) in [5.74, 6) is 0.170. The van der Waals surface area contributed by atoms with Crippen molar-refractivity contribution < 1.29 is 14.7 Å². The van der Waals surface area contributed by atoms with Crippen LogP contribution in [0.1, 0.15) is 43.7 Å². The zero-order valence-corrected chi connectivity index (χ0v) is 16.5. The van der Waals surface area contributed by atoms with Crippen molar-refractivity contribution in [1.29, 1.82) is 0 Å². The number of carbonyl (C=O) groups is 2. The Morgan fingerprint density at radius 3 is 2.48 bits per heavy atom. The van der Waals surface area contributed by atoms with Crippen molar-refractivity contribution in [2.45, 2.75) is 38.1 Å². The maximum absolute atomic E-state index is 12.7. The van der Waals surface area contributed by atoms with Gasteiger partial charge >= 0.3 is 0 Å². The van der Waals surface area contributed by atoms with E-state index < -0.39 is 6.04 Å². The number of nitrogens with two attached hydrogens (primary N) is 1. The first-order chi connectivity index (χ1) is 12.5. The SMILES string of the molecule is Cl.N[C@H](C(=O)N1CCC2(CCC(=O)N(CCCO)C2)CC1)c1ccccc1. The highest BCUT2D eigenvalue weighted by atomic mass is 35.5. The van der Waals surface area contributed by atoms with Crippen LogP contribution in [0.4, 0.5) is 0 Å². The van der Waals surface area contributed by atoms with Gasteiger partial charge in [0.15, 0.2) is 0 Å². The first kappa shape index (κ1) is 21.7. The van der Waals surface area contributed by atoms with Gasteiger partial charge in [-0.15, -0.1) is 12.4 Å². The highest BCUT2D eigenvalue weighted by Gasteiger charge is 2.42. The quantitative estimate of drug-likeness (QED) is 0.794. The number of likely N-dealkylation sites (tertiary alicyclic amines) is 2. The molecule has 0 bridgehead atoms. The third-order valence-corrected chi connectivity index (χ3v) is 5.89. The number of aliphatic hydroxyl groups is 1. The molecule has 0 aliphatic carbocycles. The molecule has 2 heterocycles. The average molecular weight is 396 g/mol. The van der Waals surface area contributed by atoms with Gasteiger partial charge in [-0.25, -0.2) is 0 Å². The van der Waals surface area contributed by atoms with Crippen molar-refractivity contribution in [3.8, 4) is 0 Å². The Morgan fingerprint density at radius 2 is 1.85 bits per heavy atom. The van der Waals surface area contributed by atoms with Crippen LogP contribution in [-0.4, -0.2) is 59.5 Å². The number of piperidine rings is 2. The number of benzene rings is 1. The van der Waals surface area contributed by atoms with Gasteiger partial charge in [0.05, 0.1) is 0 Å². The molecule has 2 amide bonds. The highest BCUT2D eigenvalue weighted by molar-refractivity contribution is 5.85. The maximum atomic E-state index is 12.7. The number of hydrogen-bond acceptors (Lipinski definition) is 4. The van der Waals surface area contributed by atoms with Gasteiger partial charge in [0, 0.05) is 39.2 Å². The van der Waals surface area contributed by atoms with E-state index in [-0.39, 0.29) is 36.2 Å². The molecule has 0 radical (unpaired) electrons. The predicted octanol–water partition coefficient (Wildman–Crippen LogP) is 1.72. The topological polar surface area (TPSA) is 86.9 Å². The van der Waals surface area contributed by atoms with Crippen molar-refractivity contribution in [3.05, 3.63) is 35.9 Å². The summed E-state index contributed by atoms with van der Waals surface area (Å²) in [6.45, 7) is 2.87. The van der Waals surface area contributed by atoms with Crippen LogP contribution in [0.5, 0.6) is 0 Å². The van der Waals surface area contributed by atoms with Crippen molar-refractivity contribution >= 4 is 24.2 Å². The fraction of sp³-hybridized carbons (Fsp3) is 0.600. The maximum Gasteiger partial charge on any atom is 0.244 e. The predicted molar refractivity (Wildman–Crippen MR) is 106 cm³/mol. The summed E-state index contributed by atoms with van der Waals surface area (Å²) >= 11 is 0. The fourth-order valence-corrected chi connectivity index (χ4v) is 4.18. The van der Waals surface area contributed by atoms with Crippen LogP contribution >= 0.6 is 12.4 Å². The van der Waals surface area contributed by atoms with Crippen LogP contribution in [0.3, 0.4) is 0 Å². The monoisotopic (exact) mass is 395 g/mol. The third kappa shape index (κ3) is 5.00. The van der Waals surface area contributed by atoms with Crippen molar-refractivity contribution in [2.75, 3.05) is 32.8 Å². The molecular formula is C20H30ClN3O3. The molecule has 0 aromatic heterocycles. The van der Waals surface area contributed by atoms with Gasteiger partial charge < -0.3 is 20.6 Å². The van der Waals surface area contributed by atoms with Gasteiger partial charge in [0.2, 0.25) is 11.8 Å². The Hall–Kier alpha value is -1.63. The zero-order chi connectivity index (χ0) is 18.6. The highest BCUT2D eigenvalue weighted by Crippen LogP contribution is 2.40. The van der Waals surface area contributed by atoms with Gasteiger partial charge in [-0.3, -0.25) is 9.59 Å². The standard InChI is InChI=1S/C20H29N3O3.ClH/c21-18(16-5-2-1-3-6-16)19(26)22-12-9-20(10-13-22)8-7-17(25)23(15-20)11-4-14-24;/h1-3,5-6,18,24H,4,7-15,21H2;1H/t18-;/m0./s1. The molecule has 2 fully saturated rings. The molecule has 2 aliphatic rings. The first-order valence-electron chi connectivity index (χ1n) is 9.53. The van der Waals surface area contributed by atoms with Crippen LogP contribution in [0.2, 0.25) is 0 Å². The lowest BCUT2D eigenvalue weighted by Crippen LogP contribution is -2.53. The van der Waals surface area contributed by atoms with Crippen LogP contribution in [0.15, 0.2) is 30.3 Å². The molecule has 7 heteroatoms. The molecule has 0 saturated carbocycles. The van der Waals surface area contributed by atoms with Gasteiger partial charge in [0.25, 0.3) is 0 Å². The molecule has 1 atom stereocenters. The number of halogens is 1. The van der Waals surface area contributed by atoms with E-state index >= 15 is 0 Å². The second-order valence-electron chi connectivity index (χ2n) is 7.61. The lowest BCUT2D eigenvalue weighted by Gasteiger charge is -2.47. The van der Waals surface area contributed by atoms with E-state index in [2.05, 4.69) is 0 Å². The molecule has 27 heavy (non-hydrogen) atoms. The molecule has 150 valence electrons. The summed E-state index contributed by atoms with van der Waals surface area (Å²) in [6.07, 6.45) is 3.90. The molecular weight excluding hydrogens is 366 g/mol. The van der Waals surface area contributed by atoms with E-state index in [1.807, 2.05) is 40.1 Å². The molecule has 3 rings (SSSR count). The lowest BCUT2D eigenvalue weighted by atomic mass is 9.72. The average Bonchev–Trinajstić information content (AvgIpc) is 2.69. The molecule has 1 spiro atoms. The minimum absolute atomic E-state index is 0. The Morgan fingerprint density at radius 1 is 1.19 bits per heavy atom. The molecule has 1 aromatic carbocycles. The first-order valence-corrected chi connectivity index (χ1v) is 9.53. The molecule has 1 aromatic rings. The fourth-order valence-electron chi connectivity index (χ4n) is 4.18. The van der Waals surface area contributed by atoms with Crippen LogP contribution in [0.25, 0.3) is 0 Å². The van der Waals surface area contributed by atoms with Crippen LogP contribution < -0.4 is 5.73 Å². The summed E-state index contributed by atoms with van der Waals surface area (Å²) in [5, 5.41) is 9.03. The van der Waals surface area contributed by atoms with Gasteiger partial charge in [-0.2, -0.15) is 0 Å². The van der Waals surface area contributed by atoms with E-state index in [1.54, 1.807) is 0 Å². The van der Waals surface area contributed by atoms with Gasteiger partial charge in [0.1, 0.15) is 6.04 Å². The molecule has 6 nitrogen and oxygen atoms in total. The molecule has 2 saturated heterocycles. The number of amides is 2. The Balaban J connectivity index is 0.00000261. The number of hydrogen-bond donors (Lipinski definition) is 2. The second-order valence-corrected chi connectivity index (χ2v) is 7.61. The number of carbonyl (C=O) groups excluding carboxylic acids is 2. The normalized spacial score (nSPS) is 20.3. The Bertz CT molecular complexity index is 633. The largest absolute Gasteiger partial charge is 0.396 e. The minimum atomic E-state index is -0.612. The summed E-state index contributed by atoms with van der Waals surface area (Å²) in [5.41, 5.74) is 7.12. The lowest BCUT2D eigenvalue weighted by molar-refractivity contribution is -0.143. The van der Waals surface area contributed by atoms with Crippen LogP contribution in [-0.2, 0) is 9.59 Å². The van der Waals surface area contributed by atoms with E-state index in [4.69, 9.17) is 10.8 Å². The summed E-state index contributed by atoms with van der Waals surface area (Å²) < 4.78 is 0. The summed E-state index contributed by atoms with van der Waals surface area (Å²) in [6, 6.07) is 8.87. The third-order valence-electron chi connectivity index (χ3n) is 5.89. The second kappa shape index (κ2) is 9.53. The van der Waals surface area contributed by atoms with E-state index in [0.29, 0.717) is 32.5 Å². The minimum Gasteiger partial charge on any atom is -0.396 e. The van der Waals surface area contributed by atoms with E-state index in [1.165, 1.54) is 0 Å². The summed E-state index contributed by atoms with van der Waals surface area (Å²) in [4.78, 5) is 28.6. The number of aliphatic hydroxyl groups excluding tert-OH is 1. The molecule has 2 aliphatic heterocycles. The van der Waals surface area contributed by atoms with Crippen molar-refractivity contribution in [3.63, 3.8) is 0 Å². The zero-order valence-electron chi connectivity index (χ0n) is 15.7. The Kier molecular flexibility index (Phi) is 7.65. The number of nitrogens with zero attached hydrogens (tertiary/aromatic N) is 2. The molecule has 3 N–H and O–H groups in total. The van der Waals surface area contributed by atoms with Gasteiger partial charge in [-0.1, -0.05) is 30.3 Å². The van der Waals surface area contributed by atoms with Crippen molar-refractivity contribution in [1.82, 2.24) is 9.80 Å². The van der Waals surface area contributed by atoms with Crippen LogP contribution in [0, 0.1) is 5.41 Å². The Labute approximate surface area is 167 Å². The van der Waals surface area contributed by atoms with Gasteiger partial charge in [-0.05, 0) is 36.7 Å².